The van der Waals surface area contributed by atoms with Crippen molar-refractivity contribution in [3.05, 3.63) is 35.4 Å². The van der Waals surface area contributed by atoms with Crippen molar-refractivity contribution in [3.8, 4) is 0 Å². The normalized spacial score (nSPS) is 15.0. The lowest BCUT2D eigenvalue weighted by Gasteiger charge is -2.10. The third-order valence-corrected chi connectivity index (χ3v) is 2.66. The standard InChI is InChI=1S/C12H12N2O2/c13-10-3-1-2-9(12(14)16)11(10)7-4-5-8(15)6-7/h1-3,6H,4-5,13H2,(H2,14,16). The molecule has 0 saturated carbocycles. The number of allylic oxidation sites excluding steroid dienone is 2. The van der Waals surface area contributed by atoms with Gasteiger partial charge in [0.25, 0.3) is 0 Å². The van der Waals surface area contributed by atoms with Gasteiger partial charge in [-0.1, -0.05) is 6.07 Å². The summed E-state index contributed by atoms with van der Waals surface area (Å²) in [6.45, 7) is 0. The summed E-state index contributed by atoms with van der Waals surface area (Å²) in [4.78, 5) is 22.5. The third-order valence-electron chi connectivity index (χ3n) is 2.66. The molecule has 0 aliphatic heterocycles. The molecule has 1 amide bonds. The number of amides is 1. The van der Waals surface area contributed by atoms with E-state index in [9.17, 15) is 9.59 Å². The van der Waals surface area contributed by atoms with Gasteiger partial charge in [0, 0.05) is 23.2 Å². The maximum Gasteiger partial charge on any atom is 0.249 e. The van der Waals surface area contributed by atoms with Crippen molar-refractivity contribution in [3.63, 3.8) is 0 Å². The molecule has 1 aliphatic rings. The van der Waals surface area contributed by atoms with E-state index in [1.807, 2.05) is 0 Å². The molecule has 1 aromatic carbocycles. The van der Waals surface area contributed by atoms with E-state index in [1.165, 1.54) is 6.08 Å². The minimum Gasteiger partial charge on any atom is -0.398 e. The van der Waals surface area contributed by atoms with Gasteiger partial charge in [-0.15, -0.1) is 0 Å². The minimum absolute atomic E-state index is 0.0636. The Kier molecular flexibility index (Phi) is 2.48. The van der Waals surface area contributed by atoms with Gasteiger partial charge in [0.05, 0.1) is 0 Å². The zero-order chi connectivity index (χ0) is 11.7. The summed E-state index contributed by atoms with van der Waals surface area (Å²) in [6.07, 6.45) is 2.63. The van der Waals surface area contributed by atoms with Crippen LogP contribution in [0.5, 0.6) is 0 Å². The van der Waals surface area contributed by atoms with Crippen LogP contribution in [0.1, 0.15) is 28.8 Å². The predicted octanol–water partition coefficient (Wildman–Crippen LogP) is 1.11. The van der Waals surface area contributed by atoms with E-state index >= 15 is 0 Å². The fourth-order valence-electron chi connectivity index (χ4n) is 1.93. The summed E-state index contributed by atoms with van der Waals surface area (Å²) in [6, 6.07) is 5.00. The van der Waals surface area contributed by atoms with E-state index in [2.05, 4.69) is 0 Å². The second kappa shape index (κ2) is 3.81. The van der Waals surface area contributed by atoms with Crippen LogP contribution in [0.25, 0.3) is 5.57 Å². The molecule has 0 radical (unpaired) electrons. The molecule has 4 nitrogen and oxygen atoms in total. The first kappa shape index (κ1) is 10.4. The smallest absolute Gasteiger partial charge is 0.249 e. The van der Waals surface area contributed by atoms with Gasteiger partial charge in [-0.3, -0.25) is 9.59 Å². The quantitative estimate of drug-likeness (QED) is 0.726. The fourth-order valence-corrected chi connectivity index (χ4v) is 1.93. The van der Waals surface area contributed by atoms with Crippen LogP contribution in [0.15, 0.2) is 24.3 Å². The Morgan fingerprint density at radius 3 is 2.56 bits per heavy atom. The van der Waals surface area contributed by atoms with Crippen molar-refractivity contribution in [1.82, 2.24) is 0 Å². The van der Waals surface area contributed by atoms with Gasteiger partial charge in [0.15, 0.2) is 5.78 Å². The van der Waals surface area contributed by atoms with Gasteiger partial charge in [-0.05, 0) is 30.2 Å². The summed E-state index contributed by atoms with van der Waals surface area (Å²) in [5.74, 6) is -0.462. The highest BCUT2D eigenvalue weighted by Crippen LogP contribution is 2.32. The molecular weight excluding hydrogens is 204 g/mol. The largest absolute Gasteiger partial charge is 0.398 e. The number of nitrogens with two attached hydrogens (primary N) is 2. The molecule has 1 aliphatic carbocycles. The molecule has 2 rings (SSSR count). The molecule has 0 aromatic heterocycles. The monoisotopic (exact) mass is 216 g/mol. The van der Waals surface area contributed by atoms with E-state index < -0.39 is 5.91 Å². The average molecular weight is 216 g/mol. The topological polar surface area (TPSA) is 86.2 Å². The zero-order valence-corrected chi connectivity index (χ0v) is 8.69. The van der Waals surface area contributed by atoms with Crippen LogP contribution in [-0.2, 0) is 4.79 Å². The van der Waals surface area contributed by atoms with Crippen molar-refractivity contribution in [1.29, 1.82) is 0 Å². The van der Waals surface area contributed by atoms with Crippen molar-refractivity contribution in [2.45, 2.75) is 12.8 Å². The SMILES string of the molecule is NC(=O)c1cccc(N)c1C1=CC(=O)CC1. The fraction of sp³-hybridized carbons (Fsp3) is 0.167. The van der Waals surface area contributed by atoms with Crippen molar-refractivity contribution in [2.24, 2.45) is 5.73 Å². The Morgan fingerprint density at radius 2 is 2.00 bits per heavy atom. The molecular formula is C12H12N2O2. The Labute approximate surface area is 92.9 Å². The van der Waals surface area contributed by atoms with Crippen LogP contribution in [0.2, 0.25) is 0 Å². The zero-order valence-electron chi connectivity index (χ0n) is 8.69. The van der Waals surface area contributed by atoms with Crippen LogP contribution in [-0.4, -0.2) is 11.7 Å². The third kappa shape index (κ3) is 1.69. The van der Waals surface area contributed by atoms with E-state index in [0.717, 1.165) is 5.57 Å². The molecule has 4 N–H and O–H groups in total. The molecule has 0 fully saturated rings. The van der Waals surface area contributed by atoms with Gasteiger partial charge in [0.1, 0.15) is 0 Å². The van der Waals surface area contributed by atoms with Crippen LogP contribution >= 0.6 is 0 Å². The Morgan fingerprint density at radius 1 is 1.25 bits per heavy atom. The second-order valence-electron chi connectivity index (χ2n) is 3.77. The van der Waals surface area contributed by atoms with Gasteiger partial charge in [0.2, 0.25) is 5.91 Å². The van der Waals surface area contributed by atoms with Crippen molar-refractivity contribution < 1.29 is 9.59 Å². The number of hydrogen-bond donors (Lipinski definition) is 2. The van der Waals surface area contributed by atoms with E-state index in [4.69, 9.17) is 11.5 Å². The molecule has 0 heterocycles. The van der Waals surface area contributed by atoms with Gasteiger partial charge >= 0.3 is 0 Å². The summed E-state index contributed by atoms with van der Waals surface area (Å²) in [7, 11) is 0. The lowest BCUT2D eigenvalue weighted by Crippen LogP contribution is -2.14. The second-order valence-corrected chi connectivity index (χ2v) is 3.77. The first-order valence-corrected chi connectivity index (χ1v) is 5.01. The molecule has 0 saturated heterocycles. The Hall–Kier alpha value is -2.10. The van der Waals surface area contributed by atoms with Crippen molar-refractivity contribution in [2.75, 3.05) is 5.73 Å². The molecule has 1 aromatic rings. The van der Waals surface area contributed by atoms with Crippen LogP contribution < -0.4 is 11.5 Å². The molecule has 0 unspecified atom stereocenters. The number of nitrogen functional groups attached to an aromatic ring is 1. The number of hydrogen-bond acceptors (Lipinski definition) is 3. The van der Waals surface area contributed by atoms with Gasteiger partial charge in [-0.25, -0.2) is 0 Å². The molecule has 4 heteroatoms. The molecule has 82 valence electrons. The van der Waals surface area contributed by atoms with Gasteiger partial charge < -0.3 is 11.5 Å². The lowest BCUT2D eigenvalue weighted by atomic mass is 9.97. The maximum absolute atomic E-state index is 11.3. The highest BCUT2D eigenvalue weighted by Gasteiger charge is 2.20. The highest BCUT2D eigenvalue weighted by atomic mass is 16.1. The average Bonchev–Trinajstić information content (AvgIpc) is 2.64. The first-order valence-electron chi connectivity index (χ1n) is 5.01. The molecule has 16 heavy (non-hydrogen) atoms. The Balaban J connectivity index is 2.59. The highest BCUT2D eigenvalue weighted by molar-refractivity contribution is 6.07. The number of benzene rings is 1. The number of carbonyl (C=O) groups is 2. The first-order chi connectivity index (χ1) is 7.59. The van der Waals surface area contributed by atoms with E-state index in [0.29, 0.717) is 29.7 Å². The number of anilines is 1. The summed E-state index contributed by atoms with van der Waals surface area (Å²) < 4.78 is 0. The van der Waals surface area contributed by atoms with E-state index in [-0.39, 0.29) is 5.78 Å². The van der Waals surface area contributed by atoms with Gasteiger partial charge in [-0.2, -0.15) is 0 Å². The predicted molar refractivity (Wildman–Crippen MR) is 61.6 cm³/mol. The van der Waals surface area contributed by atoms with Crippen molar-refractivity contribution >= 4 is 23.0 Å². The Bertz CT molecular complexity index is 504. The molecule has 0 bridgehead atoms. The number of carbonyl (C=O) groups excluding carboxylic acids is 2. The summed E-state index contributed by atoms with van der Waals surface area (Å²) >= 11 is 0. The maximum atomic E-state index is 11.3. The lowest BCUT2D eigenvalue weighted by molar-refractivity contribution is -0.114. The van der Waals surface area contributed by atoms with Crippen LogP contribution in [0.4, 0.5) is 5.69 Å². The number of primary amides is 1. The number of ketones is 1. The van der Waals surface area contributed by atoms with Crippen LogP contribution in [0.3, 0.4) is 0 Å². The molecule has 0 spiro atoms. The van der Waals surface area contributed by atoms with E-state index in [1.54, 1.807) is 18.2 Å². The summed E-state index contributed by atoms with van der Waals surface area (Å²) in [5, 5.41) is 0. The van der Waals surface area contributed by atoms with Crippen LogP contribution in [0, 0.1) is 0 Å². The minimum atomic E-state index is -0.525. The number of rotatable bonds is 2. The summed E-state index contributed by atoms with van der Waals surface area (Å²) in [5.41, 5.74) is 13.4. The molecule has 0 atom stereocenters.